The Balaban J connectivity index is 3.77. The molecule has 11 heavy (non-hydrogen) atoms. The van der Waals surface area contributed by atoms with E-state index in [4.69, 9.17) is 0 Å². The third-order valence-corrected chi connectivity index (χ3v) is 1.52. The molecule has 0 heterocycles. The predicted octanol–water partition coefficient (Wildman–Crippen LogP) is 0.488. The molecule has 0 saturated heterocycles. The minimum Gasteiger partial charge on any atom is -0.341 e. The number of nitrogens with one attached hydrogen (secondary N) is 2. The molecule has 0 aliphatic heterocycles. The molecular formula is C7H14N2O2. The summed E-state index contributed by atoms with van der Waals surface area (Å²) in [4.78, 5) is 21.6. The number of carbonyl (C=O) groups is 2. The van der Waals surface area contributed by atoms with Gasteiger partial charge >= 0.3 is 6.03 Å². The van der Waals surface area contributed by atoms with E-state index in [1.54, 1.807) is 6.92 Å². The molecule has 2 N–H and O–H groups in total. The highest BCUT2D eigenvalue weighted by atomic mass is 16.2. The molecule has 0 rings (SSSR count). The van der Waals surface area contributed by atoms with E-state index in [0.717, 1.165) is 6.42 Å². The Hall–Kier alpha value is -1.06. The number of imide groups is 1. The van der Waals surface area contributed by atoms with Crippen molar-refractivity contribution in [1.82, 2.24) is 10.6 Å². The fraction of sp³-hybridized carbons (Fsp3) is 0.714. The lowest BCUT2D eigenvalue weighted by Crippen LogP contribution is -2.40. The second-order valence-electron chi connectivity index (χ2n) is 2.38. The zero-order valence-electron chi connectivity index (χ0n) is 7.10. The van der Waals surface area contributed by atoms with Gasteiger partial charge in [0.2, 0.25) is 5.91 Å². The lowest BCUT2D eigenvalue weighted by molar-refractivity contribution is -0.123. The van der Waals surface area contributed by atoms with E-state index in [-0.39, 0.29) is 11.8 Å². The van der Waals surface area contributed by atoms with Gasteiger partial charge in [0.1, 0.15) is 0 Å². The summed E-state index contributed by atoms with van der Waals surface area (Å²) >= 11 is 0. The first-order valence-electron chi connectivity index (χ1n) is 3.64. The van der Waals surface area contributed by atoms with Crippen LogP contribution in [0, 0.1) is 5.92 Å². The number of hydrogen-bond donors (Lipinski definition) is 2. The summed E-state index contributed by atoms with van der Waals surface area (Å²) in [5.74, 6) is -0.334. The Morgan fingerprint density at radius 3 is 2.36 bits per heavy atom. The van der Waals surface area contributed by atoms with E-state index in [1.165, 1.54) is 7.05 Å². The van der Waals surface area contributed by atoms with E-state index < -0.39 is 6.03 Å². The summed E-state index contributed by atoms with van der Waals surface area (Å²) in [6.45, 7) is 3.67. The first kappa shape index (κ1) is 9.94. The minimum absolute atomic E-state index is 0.104. The third kappa shape index (κ3) is 3.60. The predicted molar refractivity (Wildman–Crippen MR) is 42.1 cm³/mol. The topological polar surface area (TPSA) is 58.2 Å². The van der Waals surface area contributed by atoms with Crippen LogP contribution in [-0.4, -0.2) is 19.0 Å². The third-order valence-electron chi connectivity index (χ3n) is 1.52. The van der Waals surface area contributed by atoms with Crippen molar-refractivity contribution in [1.29, 1.82) is 0 Å². The van der Waals surface area contributed by atoms with E-state index >= 15 is 0 Å². The number of hydrogen-bond acceptors (Lipinski definition) is 2. The van der Waals surface area contributed by atoms with Crippen molar-refractivity contribution in [2.45, 2.75) is 20.3 Å². The highest BCUT2D eigenvalue weighted by Gasteiger charge is 2.11. The second kappa shape index (κ2) is 4.71. The Labute approximate surface area is 66.4 Å². The highest BCUT2D eigenvalue weighted by molar-refractivity contribution is 5.95. The molecule has 0 radical (unpaired) electrons. The van der Waals surface area contributed by atoms with Gasteiger partial charge in [0.25, 0.3) is 0 Å². The maximum absolute atomic E-state index is 11.0. The number of urea groups is 1. The van der Waals surface area contributed by atoms with Crippen molar-refractivity contribution < 1.29 is 9.59 Å². The molecule has 0 bridgehead atoms. The van der Waals surface area contributed by atoms with Crippen LogP contribution >= 0.6 is 0 Å². The zero-order chi connectivity index (χ0) is 8.85. The van der Waals surface area contributed by atoms with Crippen LogP contribution in [-0.2, 0) is 4.79 Å². The van der Waals surface area contributed by atoms with Gasteiger partial charge in [0.15, 0.2) is 0 Å². The Morgan fingerprint density at radius 1 is 1.45 bits per heavy atom. The van der Waals surface area contributed by atoms with Crippen LogP contribution in [0.1, 0.15) is 20.3 Å². The van der Waals surface area contributed by atoms with Crippen molar-refractivity contribution in [3.05, 3.63) is 0 Å². The molecule has 0 saturated carbocycles. The van der Waals surface area contributed by atoms with Gasteiger partial charge in [0, 0.05) is 13.0 Å². The van der Waals surface area contributed by atoms with Gasteiger partial charge in [-0.25, -0.2) is 4.79 Å². The summed E-state index contributed by atoms with van der Waals surface area (Å²) in [6, 6.07) is -0.449. The van der Waals surface area contributed by atoms with Crippen molar-refractivity contribution >= 4 is 11.9 Å². The normalized spacial score (nSPS) is 11.9. The first-order valence-corrected chi connectivity index (χ1v) is 3.64. The molecule has 1 atom stereocenters. The van der Waals surface area contributed by atoms with Gasteiger partial charge in [-0.1, -0.05) is 13.8 Å². The fourth-order valence-electron chi connectivity index (χ4n) is 0.483. The molecule has 4 heteroatoms. The fourth-order valence-corrected chi connectivity index (χ4v) is 0.483. The van der Waals surface area contributed by atoms with Gasteiger partial charge in [-0.15, -0.1) is 0 Å². The monoisotopic (exact) mass is 158 g/mol. The lowest BCUT2D eigenvalue weighted by Gasteiger charge is -2.07. The van der Waals surface area contributed by atoms with E-state index in [0.29, 0.717) is 0 Å². The summed E-state index contributed by atoms with van der Waals surface area (Å²) in [7, 11) is 1.47. The second-order valence-corrected chi connectivity index (χ2v) is 2.38. The minimum atomic E-state index is -0.449. The van der Waals surface area contributed by atoms with Crippen LogP contribution < -0.4 is 10.6 Å². The molecular weight excluding hydrogens is 144 g/mol. The van der Waals surface area contributed by atoms with Crippen molar-refractivity contribution in [2.75, 3.05) is 7.05 Å². The zero-order valence-corrected chi connectivity index (χ0v) is 7.10. The smallest absolute Gasteiger partial charge is 0.321 e. The van der Waals surface area contributed by atoms with Crippen molar-refractivity contribution in [3.8, 4) is 0 Å². The van der Waals surface area contributed by atoms with Crippen molar-refractivity contribution in [2.24, 2.45) is 5.92 Å². The largest absolute Gasteiger partial charge is 0.341 e. The van der Waals surface area contributed by atoms with Crippen LogP contribution in [0.5, 0.6) is 0 Å². The molecule has 0 aromatic rings. The van der Waals surface area contributed by atoms with Crippen LogP contribution in [0.25, 0.3) is 0 Å². The lowest BCUT2D eigenvalue weighted by atomic mass is 10.1. The van der Waals surface area contributed by atoms with Gasteiger partial charge in [-0.3, -0.25) is 10.1 Å². The van der Waals surface area contributed by atoms with Crippen molar-refractivity contribution in [3.63, 3.8) is 0 Å². The Bertz CT molecular complexity index is 157. The van der Waals surface area contributed by atoms with Crippen LogP contribution in [0.3, 0.4) is 0 Å². The molecule has 0 fully saturated rings. The first-order chi connectivity index (χ1) is 5.11. The molecule has 0 spiro atoms. The molecule has 3 amide bonds. The summed E-state index contributed by atoms with van der Waals surface area (Å²) in [6.07, 6.45) is 0.739. The van der Waals surface area contributed by atoms with Gasteiger partial charge in [0.05, 0.1) is 0 Å². The molecule has 0 aliphatic carbocycles. The molecule has 0 aliphatic rings. The quantitative estimate of drug-likeness (QED) is 0.614. The Kier molecular flexibility index (Phi) is 4.26. The molecule has 1 unspecified atom stereocenters. The SMILES string of the molecule is CCC(C)C(=O)NC(=O)NC. The summed E-state index contributed by atoms with van der Waals surface area (Å²) in [5, 5.41) is 4.50. The summed E-state index contributed by atoms with van der Waals surface area (Å²) in [5.41, 5.74) is 0. The van der Waals surface area contributed by atoms with Crippen LogP contribution in [0.15, 0.2) is 0 Å². The summed E-state index contributed by atoms with van der Waals surface area (Å²) < 4.78 is 0. The van der Waals surface area contributed by atoms with E-state index in [2.05, 4.69) is 10.6 Å². The Morgan fingerprint density at radius 2 is 2.00 bits per heavy atom. The van der Waals surface area contributed by atoms with Crippen LogP contribution in [0.2, 0.25) is 0 Å². The number of amides is 3. The standard InChI is InChI=1S/C7H14N2O2/c1-4-5(2)6(10)9-7(11)8-3/h5H,4H2,1-3H3,(H2,8,9,10,11). The molecule has 0 aromatic carbocycles. The average Bonchev–Trinajstić information content (AvgIpc) is 2.02. The van der Waals surface area contributed by atoms with Gasteiger partial charge < -0.3 is 5.32 Å². The molecule has 4 nitrogen and oxygen atoms in total. The average molecular weight is 158 g/mol. The molecule has 64 valence electrons. The van der Waals surface area contributed by atoms with Gasteiger partial charge in [-0.2, -0.15) is 0 Å². The van der Waals surface area contributed by atoms with E-state index in [9.17, 15) is 9.59 Å². The maximum atomic E-state index is 11.0. The van der Waals surface area contributed by atoms with Crippen LogP contribution in [0.4, 0.5) is 4.79 Å². The van der Waals surface area contributed by atoms with Gasteiger partial charge in [-0.05, 0) is 6.42 Å². The maximum Gasteiger partial charge on any atom is 0.321 e. The highest BCUT2D eigenvalue weighted by Crippen LogP contribution is 1.98. The van der Waals surface area contributed by atoms with E-state index in [1.807, 2.05) is 6.92 Å². The number of rotatable bonds is 2. The number of carbonyl (C=O) groups excluding carboxylic acids is 2. The molecule has 0 aromatic heterocycles.